The van der Waals surface area contributed by atoms with Gasteiger partial charge < -0.3 is 5.32 Å². The molecule has 3 nitrogen and oxygen atoms in total. The molecule has 0 saturated carbocycles. The predicted octanol–water partition coefficient (Wildman–Crippen LogP) is 3.31. The number of hydrogen-bond acceptors (Lipinski definition) is 4. The second-order valence-corrected chi connectivity index (χ2v) is 4.98. The van der Waals surface area contributed by atoms with Crippen LogP contribution >= 0.6 is 23.1 Å². The van der Waals surface area contributed by atoms with Crippen molar-refractivity contribution in [1.82, 2.24) is 9.36 Å². The lowest BCUT2D eigenvalue weighted by atomic mass is 9.96. The molecule has 0 aliphatic carbocycles. The average molecular weight is 248 g/mol. The van der Waals surface area contributed by atoms with Crippen molar-refractivity contribution in [2.75, 3.05) is 11.2 Å². The van der Waals surface area contributed by atoms with Crippen molar-refractivity contribution in [3.8, 4) is 0 Å². The fourth-order valence-electron chi connectivity index (χ4n) is 1.24. The number of nitrogens with one attached hydrogen (secondary N) is 1. The van der Waals surface area contributed by atoms with Gasteiger partial charge in [0.15, 0.2) is 0 Å². The van der Waals surface area contributed by atoms with Crippen LogP contribution in [-0.2, 0) is 6.42 Å². The molecule has 0 bridgehead atoms. The lowest BCUT2D eigenvalue weighted by molar-refractivity contribution is 0.480. The predicted molar refractivity (Wildman–Crippen MR) is 66.9 cm³/mol. The summed E-state index contributed by atoms with van der Waals surface area (Å²) in [6.07, 6.45) is 2.85. The highest BCUT2D eigenvalue weighted by atomic mass is 35.5. The first kappa shape index (κ1) is 12.7. The van der Waals surface area contributed by atoms with Crippen LogP contribution in [0.25, 0.3) is 0 Å². The van der Waals surface area contributed by atoms with Gasteiger partial charge in [-0.05, 0) is 19.8 Å². The van der Waals surface area contributed by atoms with Gasteiger partial charge in [-0.3, -0.25) is 0 Å². The Morgan fingerprint density at radius 1 is 1.47 bits per heavy atom. The zero-order chi connectivity index (χ0) is 11.3. The zero-order valence-electron chi connectivity index (χ0n) is 9.51. The van der Waals surface area contributed by atoms with Gasteiger partial charge in [0.1, 0.15) is 5.82 Å². The Morgan fingerprint density at radius 2 is 2.20 bits per heavy atom. The van der Waals surface area contributed by atoms with Crippen molar-refractivity contribution in [3.63, 3.8) is 0 Å². The van der Waals surface area contributed by atoms with Gasteiger partial charge >= 0.3 is 0 Å². The third kappa shape index (κ3) is 3.61. The first-order chi connectivity index (χ1) is 7.13. The first-order valence-corrected chi connectivity index (χ1v) is 6.61. The van der Waals surface area contributed by atoms with Crippen molar-refractivity contribution in [2.24, 2.45) is 0 Å². The first-order valence-electron chi connectivity index (χ1n) is 5.30. The molecule has 0 spiro atoms. The lowest BCUT2D eigenvalue weighted by Gasteiger charge is -2.28. The molecule has 1 atom stereocenters. The summed E-state index contributed by atoms with van der Waals surface area (Å²) in [5.41, 5.74) is 0.0340. The minimum Gasteiger partial charge on any atom is -0.355 e. The smallest absolute Gasteiger partial charge is 0.202 e. The van der Waals surface area contributed by atoms with E-state index in [0.717, 1.165) is 30.2 Å². The van der Waals surface area contributed by atoms with Crippen LogP contribution in [0, 0.1) is 0 Å². The van der Waals surface area contributed by atoms with Gasteiger partial charge in [0.2, 0.25) is 5.13 Å². The summed E-state index contributed by atoms with van der Waals surface area (Å²) in [7, 11) is 0. The fourth-order valence-corrected chi connectivity index (χ4v) is 2.46. The Morgan fingerprint density at radius 3 is 2.67 bits per heavy atom. The number of halogens is 1. The van der Waals surface area contributed by atoms with Crippen LogP contribution in [0.1, 0.15) is 39.4 Å². The SMILES string of the molecule is CCc1nsc(NC(C)(CC)CCCl)n1. The molecule has 0 saturated heterocycles. The Labute approximate surface area is 100 Å². The van der Waals surface area contributed by atoms with Gasteiger partial charge in [-0.15, -0.1) is 11.6 Å². The summed E-state index contributed by atoms with van der Waals surface area (Å²) in [4.78, 5) is 4.40. The molecule has 1 unspecified atom stereocenters. The van der Waals surface area contributed by atoms with Crippen molar-refractivity contribution in [1.29, 1.82) is 0 Å². The number of anilines is 1. The van der Waals surface area contributed by atoms with Crippen LogP contribution in [0.4, 0.5) is 5.13 Å². The quantitative estimate of drug-likeness (QED) is 0.784. The molecule has 0 aliphatic rings. The maximum atomic E-state index is 5.79. The summed E-state index contributed by atoms with van der Waals surface area (Å²) < 4.78 is 4.25. The van der Waals surface area contributed by atoms with Gasteiger partial charge in [0.05, 0.1) is 0 Å². The second-order valence-electron chi connectivity index (χ2n) is 3.85. The molecule has 1 N–H and O–H groups in total. The van der Waals surface area contributed by atoms with Gasteiger partial charge in [0, 0.05) is 29.4 Å². The Kier molecular flexibility index (Phi) is 4.80. The lowest BCUT2D eigenvalue weighted by Crippen LogP contribution is -2.34. The van der Waals surface area contributed by atoms with Crippen LogP contribution in [-0.4, -0.2) is 20.8 Å². The molecule has 0 fully saturated rings. The summed E-state index contributed by atoms with van der Waals surface area (Å²) in [6.45, 7) is 6.38. The van der Waals surface area contributed by atoms with E-state index in [-0.39, 0.29) is 5.54 Å². The van der Waals surface area contributed by atoms with E-state index in [1.165, 1.54) is 11.5 Å². The Bertz CT molecular complexity index is 303. The molecule has 1 aromatic heterocycles. The summed E-state index contributed by atoms with van der Waals surface area (Å²) in [6, 6.07) is 0. The summed E-state index contributed by atoms with van der Waals surface area (Å²) in [5, 5.41) is 4.33. The van der Waals surface area contributed by atoms with Crippen LogP contribution < -0.4 is 5.32 Å². The topological polar surface area (TPSA) is 37.8 Å². The van der Waals surface area contributed by atoms with Crippen molar-refractivity contribution < 1.29 is 0 Å². The highest BCUT2D eigenvalue weighted by Gasteiger charge is 2.22. The van der Waals surface area contributed by atoms with Crippen molar-refractivity contribution in [2.45, 2.75) is 45.6 Å². The molecular weight excluding hydrogens is 230 g/mol. The van der Waals surface area contributed by atoms with E-state index in [1.807, 2.05) is 0 Å². The number of rotatable bonds is 6. The Hall–Kier alpha value is -0.350. The van der Waals surface area contributed by atoms with Crippen LogP contribution in [0.5, 0.6) is 0 Å². The Balaban J connectivity index is 2.65. The molecule has 0 aliphatic heterocycles. The van der Waals surface area contributed by atoms with E-state index in [2.05, 4.69) is 35.4 Å². The maximum Gasteiger partial charge on any atom is 0.202 e. The molecule has 1 rings (SSSR count). The van der Waals surface area contributed by atoms with E-state index < -0.39 is 0 Å². The number of aryl methyl sites for hydroxylation is 1. The molecular formula is C10H18ClN3S. The number of aromatic nitrogens is 2. The summed E-state index contributed by atoms with van der Waals surface area (Å²) in [5.74, 6) is 1.57. The highest BCUT2D eigenvalue weighted by molar-refractivity contribution is 7.09. The van der Waals surface area contributed by atoms with Crippen molar-refractivity contribution in [3.05, 3.63) is 5.82 Å². The minimum absolute atomic E-state index is 0.0340. The van der Waals surface area contributed by atoms with Crippen LogP contribution in [0.2, 0.25) is 0 Å². The number of alkyl halides is 1. The second kappa shape index (κ2) is 5.66. The van der Waals surface area contributed by atoms with Gasteiger partial charge in [0.25, 0.3) is 0 Å². The molecule has 1 heterocycles. The van der Waals surface area contributed by atoms with E-state index in [9.17, 15) is 0 Å². The third-order valence-electron chi connectivity index (χ3n) is 2.62. The molecule has 15 heavy (non-hydrogen) atoms. The highest BCUT2D eigenvalue weighted by Crippen LogP contribution is 2.23. The monoisotopic (exact) mass is 247 g/mol. The van der Waals surface area contributed by atoms with Crippen LogP contribution in [0.3, 0.4) is 0 Å². The van der Waals surface area contributed by atoms with Crippen molar-refractivity contribution >= 4 is 28.3 Å². The zero-order valence-corrected chi connectivity index (χ0v) is 11.1. The fraction of sp³-hybridized carbons (Fsp3) is 0.800. The van der Waals surface area contributed by atoms with Gasteiger partial charge in [-0.1, -0.05) is 13.8 Å². The molecule has 5 heteroatoms. The average Bonchev–Trinajstić information content (AvgIpc) is 2.66. The molecule has 0 aromatic carbocycles. The molecule has 1 aromatic rings. The molecule has 86 valence electrons. The summed E-state index contributed by atoms with van der Waals surface area (Å²) >= 11 is 7.22. The number of nitrogens with zero attached hydrogens (tertiary/aromatic N) is 2. The van der Waals surface area contributed by atoms with E-state index in [0.29, 0.717) is 5.88 Å². The molecule has 0 amide bonds. The van der Waals surface area contributed by atoms with E-state index in [4.69, 9.17) is 11.6 Å². The third-order valence-corrected chi connectivity index (χ3v) is 3.48. The maximum absolute atomic E-state index is 5.79. The standard InChI is InChI=1S/C10H18ClN3S/c1-4-8-12-9(15-14-8)13-10(3,5-2)6-7-11/h4-7H2,1-3H3,(H,12,13,14). The van der Waals surface area contributed by atoms with E-state index in [1.54, 1.807) is 0 Å². The number of hydrogen-bond donors (Lipinski definition) is 1. The molecule has 0 radical (unpaired) electrons. The van der Waals surface area contributed by atoms with Crippen LogP contribution in [0.15, 0.2) is 0 Å². The minimum atomic E-state index is 0.0340. The van der Waals surface area contributed by atoms with Gasteiger partial charge in [-0.2, -0.15) is 4.37 Å². The van der Waals surface area contributed by atoms with Gasteiger partial charge in [-0.25, -0.2) is 4.98 Å². The largest absolute Gasteiger partial charge is 0.355 e. The normalized spacial score (nSPS) is 14.9. The van der Waals surface area contributed by atoms with E-state index >= 15 is 0 Å².